The second-order valence-corrected chi connectivity index (χ2v) is 4.39. The molecule has 2 aromatic rings. The lowest BCUT2D eigenvalue weighted by atomic mass is 10.2. The van der Waals surface area contributed by atoms with E-state index in [9.17, 15) is 4.79 Å². The van der Waals surface area contributed by atoms with E-state index in [1.807, 2.05) is 0 Å². The predicted octanol–water partition coefficient (Wildman–Crippen LogP) is 2.56. The minimum atomic E-state index is -0.673. The van der Waals surface area contributed by atoms with Gasteiger partial charge < -0.3 is 10.5 Å². The molecule has 0 saturated carbocycles. The molecule has 1 aromatic heterocycles. The number of nitrogens with zero attached hydrogens (tertiary/aromatic N) is 2. The quantitative estimate of drug-likeness (QED) is 0.944. The first-order valence-electron chi connectivity index (χ1n) is 5.19. The summed E-state index contributed by atoms with van der Waals surface area (Å²) in [4.78, 5) is 19.3. The Morgan fingerprint density at radius 1 is 1.32 bits per heavy atom. The maximum Gasteiger partial charge on any atom is 0.255 e. The third-order valence-corrected chi connectivity index (χ3v) is 3.03. The second kappa shape index (κ2) is 5.42. The number of rotatable bonds is 3. The number of halogens is 2. The molecular weight excluding hydrogens is 289 g/mol. The monoisotopic (exact) mass is 297 g/mol. The van der Waals surface area contributed by atoms with Gasteiger partial charge in [0.05, 0.1) is 22.7 Å². The number of amides is 1. The molecule has 0 bridgehead atoms. The molecule has 98 valence electrons. The minimum absolute atomic E-state index is 0.0773. The third kappa shape index (κ3) is 2.62. The van der Waals surface area contributed by atoms with Gasteiger partial charge in [0.2, 0.25) is 5.88 Å². The molecule has 0 aliphatic rings. The van der Waals surface area contributed by atoms with Crippen LogP contribution in [0.4, 0.5) is 0 Å². The fourth-order valence-electron chi connectivity index (χ4n) is 1.52. The number of hydrogen-bond acceptors (Lipinski definition) is 4. The van der Waals surface area contributed by atoms with Gasteiger partial charge in [-0.3, -0.25) is 4.79 Å². The maximum absolute atomic E-state index is 11.2. The number of ether oxygens (including phenoxy) is 1. The SMILES string of the molecule is COc1nc(-c2c(Cl)cccc2Cl)ncc1C(N)=O. The van der Waals surface area contributed by atoms with Crippen molar-refractivity contribution in [1.29, 1.82) is 0 Å². The fourth-order valence-corrected chi connectivity index (χ4v) is 2.09. The van der Waals surface area contributed by atoms with E-state index in [0.29, 0.717) is 15.6 Å². The summed E-state index contributed by atoms with van der Waals surface area (Å²) in [6.07, 6.45) is 1.28. The standard InChI is InChI=1S/C12H9Cl2N3O2/c1-19-12-6(10(15)18)5-16-11(17-12)9-7(13)3-2-4-8(9)14/h2-5H,1H3,(H2,15,18). The Kier molecular flexibility index (Phi) is 3.87. The van der Waals surface area contributed by atoms with Crippen LogP contribution < -0.4 is 10.5 Å². The Hall–Kier alpha value is -1.85. The molecule has 1 heterocycles. The van der Waals surface area contributed by atoms with Crippen molar-refractivity contribution in [3.8, 4) is 17.3 Å². The first-order valence-corrected chi connectivity index (χ1v) is 5.95. The van der Waals surface area contributed by atoms with E-state index < -0.39 is 5.91 Å². The summed E-state index contributed by atoms with van der Waals surface area (Å²) < 4.78 is 5.01. The molecular formula is C12H9Cl2N3O2. The number of carbonyl (C=O) groups is 1. The molecule has 19 heavy (non-hydrogen) atoms. The highest BCUT2D eigenvalue weighted by Crippen LogP contribution is 2.33. The van der Waals surface area contributed by atoms with Gasteiger partial charge in [-0.05, 0) is 12.1 Å². The van der Waals surface area contributed by atoms with Crippen LogP contribution in [0.5, 0.6) is 5.88 Å². The van der Waals surface area contributed by atoms with E-state index in [1.54, 1.807) is 18.2 Å². The average Bonchev–Trinajstić information content (AvgIpc) is 2.38. The Bertz CT molecular complexity index is 627. The third-order valence-electron chi connectivity index (χ3n) is 2.40. The zero-order valence-corrected chi connectivity index (χ0v) is 11.4. The number of carbonyl (C=O) groups excluding carboxylic acids is 1. The lowest BCUT2D eigenvalue weighted by Crippen LogP contribution is -2.14. The van der Waals surface area contributed by atoms with Crippen molar-refractivity contribution in [3.63, 3.8) is 0 Å². The Morgan fingerprint density at radius 3 is 2.47 bits per heavy atom. The molecule has 7 heteroatoms. The number of nitrogens with two attached hydrogens (primary N) is 1. The van der Waals surface area contributed by atoms with Gasteiger partial charge in [-0.15, -0.1) is 0 Å². The van der Waals surface area contributed by atoms with Crippen molar-refractivity contribution in [2.24, 2.45) is 5.73 Å². The molecule has 0 unspecified atom stereocenters. The highest BCUT2D eigenvalue weighted by atomic mass is 35.5. The molecule has 2 N–H and O–H groups in total. The average molecular weight is 298 g/mol. The van der Waals surface area contributed by atoms with Crippen LogP contribution in [-0.4, -0.2) is 23.0 Å². The molecule has 0 spiro atoms. The second-order valence-electron chi connectivity index (χ2n) is 3.58. The number of hydrogen-bond donors (Lipinski definition) is 1. The molecule has 0 saturated heterocycles. The van der Waals surface area contributed by atoms with E-state index >= 15 is 0 Å². The van der Waals surface area contributed by atoms with Crippen LogP contribution >= 0.6 is 23.2 Å². The van der Waals surface area contributed by atoms with Crippen LogP contribution in [0, 0.1) is 0 Å². The lowest BCUT2D eigenvalue weighted by Gasteiger charge is -2.08. The normalized spacial score (nSPS) is 10.3. The van der Waals surface area contributed by atoms with Crippen molar-refractivity contribution in [2.75, 3.05) is 7.11 Å². The summed E-state index contributed by atoms with van der Waals surface area (Å²) in [7, 11) is 1.38. The Balaban J connectivity index is 2.61. The molecule has 5 nitrogen and oxygen atoms in total. The molecule has 0 radical (unpaired) electrons. The van der Waals surface area contributed by atoms with Crippen LogP contribution in [0.15, 0.2) is 24.4 Å². The van der Waals surface area contributed by atoms with Crippen LogP contribution in [0.25, 0.3) is 11.4 Å². The number of aromatic nitrogens is 2. The topological polar surface area (TPSA) is 78.1 Å². The molecule has 0 atom stereocenters. The fraction of sp³-hybridized carbons (Fsp3) is 0.0833. The Labute approximate surface area is 119 Å². The number of primary amides is 1. The van der Waals surface area contributed by atoms with Gasteiger partial charge in [0.1, 0.15) is 5.56 Å². The minimum Gasteiger partial charge on any atom is -0.480 e. The summed E-state index contributed by atoms with van der Waals surface area (Å²) in [5, 5.41) is 0.808. The van der Waals surface area contributed by atoms with Gasteiger partial charge in [0.15, 0.2) is 5.82 Å². The van der Waals surface area contributed by atoms with Gasteiger partial charge in [0.25, 0.3) is 5.91 Å². The van der Waals surface area contributed by atoms with Crippen molar-refractivity contribution in [3.05, 3.63) is 40.0 Å². The van der Waals surface area contributed by atoms with E-state index in [2.05, 4.69) is 9.97 Å². The molecule has 0 aliphatic carbocycles. The summed E-state index contributed by atoms with van der Waals surface area (Å²) in [5.41, 5.74) is 5.75. The lowest BCUT2D eigenvalue weighted by molar-refractivity contribution is 0.0996. The first kappa shape index (κ1) is 13.6. The van der Waals surface area contributed by atoms with Crippen molar-refractivity contribution in [2.45, 2.75) is 0 Å². The van der Waals surface area contributed by atoms with Crippen molar-refractivity contribution >= 4 is 29.1 Å². The Morgan fingerprint density at radius 2 is 1.95 bits per heavy atom. The molecule has 1 amide bonds. The van der Waals surface area contributed by atoms with Gasteiger partial charge in [-0.1, -0.05) is 29.3 Å². The summed E-state index contributed by atoms with van der Waals surface area (Å²) in [6.45, 7) is 0. The van der Waals surface area contributed by atoms with Gasteiger partial charge in [0, 0.05) is 6.20 Å². The van der Waals surface area contributed by atoms with Crippen LogP contribution in [0.1, 0.15) is 10.4 Å². The van der Waals surface area contributed by atoms with Crippen molar-refractivity contribution < 1.29 is 9.53 Å². The van der Waals surface area contributed by atoms with Gasteiger partial charge >= 0.3 is 0 Å². The van der Waals surface area contributed by atoms with Crippen LogP contribution in [-0.2, 0) is 0 Å². The molecule has 1 aromatic carbocycles. The number of benzene rings is 1. The van der Waals surface area contributed by atoms with E-state index in [1.165, 1.54) is 13.3 Å². The zero-order valence-electron chi connectivity index (χ0n) is 9.85. The van der Waals surface area contributed by atoms with E-state index in [4.69, 9.17) is 33.7 Å². The van der Waals surface area contributed by atoms with Crippen LogP contribution in [0.2, 0.25) is 10.0 Å². The predicted molar refractivity (Wildman–Crippen MR) is 72.6 cm³/mol. The smallest absolute Gasteiger partial charge is 0.255 e. The summed E-state index contributed by atoms with van der Waals surface area (Å²) in [5.74, 6) is -0.334. The van der Waals surface area contributed by atoms with Gasteiger partial charge in [-0.25, -0.2) is 4.98 Å². The van der Waals surface area contributed by atoms with E-state index in [0.717, 1.165) is 0 Å². The zero-order chi connectivity index (χ0) is 14.0. The maximum atomic E-state index is 11.2. The number of methoxy groups -OCH3 is 1. The first-order chi connectivity index (χ1) is 9.04. The van der Waals surface area contributed by atoms with Gasteiger partial charge in [-0.2, -0.15) is 4.98 Å². The molecule has 0 fully saturated rings. The largest absolute Gasteiger partial charge is 0.480 e. The van der Waals surface area contributed by atoms with E-state index in [-0.39, 0.29) is 17.3 Å². The van der Waals surface area contributed by atoms with Crippen LogP contribution in [0.3, 0.4) is 0 Å². The van der Waals surface area contributed by atoms with Crippen molar-refractivity contribution in [1.82, 2.24) is 9.97 Å². The highest BCUT2D eigenvalue weighted by molar-refractivity contribution is 6.38. The summed E-state index contributed by atoms with van der Waals surface area (Å²) in [6, 6.07) is 5.05. The summed E-state index contributed by atoms with van der Waals surface area (Å²) >= 11 is 12.1. The highest BCUT2D eigenvalue weighted by Gasteiger charge is 2.16. The molecule has 2 rings (SSSR count). The molecule has 0 aliphatic heterocycles.